The Labute approximate surface area is 87.6 Å². The average molecular weight is 198 g/mol. The molecule has 0 aliphatic heterocycles. The van der Waals surface area contributed by atoms with Gasteiger partial charge in [-0.2, -0.15) is 5.26 Å². The number of rotatable bonds is 2. The molecule has 0 fully saturated rings. The lowest BCUT2D eigenvalue weighted by atomic mass is 10.2. The summed E-state index contributed by atoms with van der Waals surface area (Å²) in [4.78, 5) is 3.93. The van der Waals surface area contributed by atoms with E-state index >= 15 is 0 Å². The summed E-state index contributed by atoms with van der Waals surface area (Å²) in [5, 5.41) is 8.78. The van der Waals surface area contributed by atoms with Crippen LogP contribution in [0.15, 0.2) is 36.7 Å². The number of aromatic nitrogens is 2. The monoisotopic (exact) mass is 198 g/mol. The van der Waals surface area contributed by atoms with Crippen molar-refractivity contribution in [2.75, 3.05) is 5.73 Å². The van der Waals surface area contributed by atoms with Crippen LogP contribution in [0.4, 0.5) is 5.69 Å². The number of hydrogen-bond acceptors (Lipinski definition) is 3. The number of hydrogen-bond donors (Lipinski definition) is 1. The van der Waals surface area contributed by atoms with Crippen molar-refractivity contribution in [2.45, 2.75) is 6.54 Å². The summed E-state index contributed by atoms with van der Waals surface area (Å²) in [7, 11) is 0. The maximum atomic E-state index is 8.78. The Morgan fingerprint density at radius 3 is 2.73 bits per heavy atom. The zero-order chi connectivity index (χ0) is 10.7. The molecule has 0 unspecified atom stereocenters. The van der Waals surface area contributed by atoms with Gasteiger partial charge in [0.2, 0.25) is 5.82 Å². The van der Waals surface area contributed by atoms with Crippen LogP contribution in [0.1, 0.15) is 11.4 Å². The first-order chi connectivity index (χ1) is 7.29. The molecule has 74 valence electrons. The minimum absolute atomic E-state index is 0.423. The molecular weight excluding hydrogens is 188 g/mol. The predicted octanol–water partition coefficient (Wildman–Crippen LogP) is 1.39. The normalized spacial score (nSPS) is 9.80. The fourth-order valence-corrected chi connectivity index (χ4v) is 1.37. The van der Waals surface area contributed by atoms with Crippen molar-refractivity contribution in [3.05, 3.63) is 48.0 Å². The van der Waals surface area contributed by atoms with E-state index in [2.05, 4.69) is 4.98 Å². The third kappa shape index (κ3) is 1.97. The number of nitriles is 1. The van der Waals surface area contributed by atoms with Crippen LogP contribution in [0, 0.1) is 11.3 Å². The van der Waals surface area contributed by atoms with Crippen molar-refractivity contribution >= 4 is 5.69 Å². The van der Waals surface area contributed by atoms with Crippen molar-refractivity contribution < 1.29 is 0 Å². The molecule has 1 heterocycles. The van der Waals surface area contributed by atoms with E-state index in [9.17, 15) is 0 Å². The summed E-state index contributed by atoms with van der Waals surface area (Å²) in [6.07, 6.45) is 3.41. The number of benzene rings is 1. The summed E-state index contributed by atoms with van der Waals surface area (Å²) in [5.74, 6) is 0.423. The Hall–Kier alpha value is -2.28. The molecule has 0 saturated carbocycles. The summed E-state index contributed by atoms with van der Waals surface area (Å²) in [6, 6.07) is 9.61. The third-order valence-corrected chi connectivity index (χ3v) is 2.15. The van der Waals surface area contributed by atoms with Gasteiger partial charge < -0.3 is 10.3 Å². The zero-order valence-electron chi connectivity index (χ0n) is 8.09. The van der Waals surface area contributed by atoms with Crippen molar-refractivity contribution in [3.63, 3.8) is 0 Å². The first-order valence-corrected chi connectivity index (χ1v) is 4.55. The van der Waals surface area contributed by atoms with Crippen molar-refractivity contribution in [3.8, 4) is 6.07 Å². The van der Waals surface area contributed by atoms with Gasteiger partial charge in [-0.05, 0) is 17.7 Å². The highest BCUT2D eigenvalue weighted by Crippen LogP contribution is 2.08. The fraction of sp³-hybridized carbons (Fsp3) is 0.0909. The van der Waals surface area contributed by atoms with Crippen molar-refractivity contribution in [1.29, 1.82) is 5.26 Å². The fourth-order valence-electron chi connectivity index (χ4n) is 1.37. The summed E-state index contributed by atoms with van der Waals surface area (Å²) in [5.41, 5.74) is 7.42. The van der Waals surface area contributed by atoms with Gasteiger partial charge in [-0.3, -0.25) is 0 Å². The maximum Gasteiger partial charge on any atom is 0.213 e. The van der Waals surface area contributed by atoms with Gasteiger partial charge in [0, 0.05) is 24.6 Å². The van der Waals surface area contributed by atoms with Crippen LogP contribution in [-0.2, 0) is 6.54 Å². The van der Waals surface area contributed by atoms with Crippen LogP contribution in [0.25, 0.3) is 0 Å². The number of nitrogens with zero attached hydrogens (tertiary/aromatic N) is 3. The molecule has 15 heavy (non-hydrogen) atoms. The summed E-state index contributed by atoms with van der Waals surface area (Å²) in [6.45, 7) is 0.642. The second-order valence-electron chi connectivity index (χ2n) is 3.23. The molecular formula is C11H10N4. The van der Waals surface area contributed by atoms with E-state index in [0.717, 1.165) is 11.3 Å². The zero-order valence-corrected chi connectivity index (χ0v) is 8.09. The lowest BCUT2D eigenvalue weighted by Gasteiger charge is -2.03. The van der Waals surface area contributed by atoms with E-state index in [0.29, 0.717) is 12.4 Å². The molecule has 0 aliphatic carbocycles. The molecule has 1 aromatic heterocycles. The van der Waals surface area contributed by atoms with Gasteiger partial charge in [-0.15, -0.1) is 0 Å². The first-order valence-electron chi connectivity index (χ1n) is 4.55. The molecule has 0 saturated heterocycles. The van der Waals surface area contributed by atoms with E-state index in [1.54, 1.807) is 17.0 Å². The quantitative estimate of drug-likeness (QED) is 0.741. The Kier molecular flexibility index (Phi) is 2.38. The van der Waals surface area contributed by atoms with Gasteiger partial charge in [0.25, 0.3) is 0 Å². The highest BCUT2D eigenvalue weighted by atomic mass is 15.1. The maximum absolute atomic E-state index is 8.78. The molecule has 4 nitrogen and oxygen atoms in total. The van der Waals surface area contributed by atoms with E-state index in [4.69, 9.17) is 11.0 Å². The van der Waals surface area contributed by atoms with Crippen LogP contribution < -0.4 is 5.73 Å². The summed E-state index contributed by atoms with van der Waals surface area (Å²) < 4.78 is 1.80. The average Bonchev–Trinajstić information content (AvgIpc) is 2.69. The van der Waals surface area contributed by atoms with Gasteiger partial charge in [-0.25, -0.2) is 4.98 Å². The Balaban J connectivity index is 2.23. The van der Waals surface area contributed by atoms with Crippen LogP contribution in [0.3, 0.4) is 0 Å². The Bertz CT molecular complexity index is 490. The number of nitrogens with two attached hydrogens (primary N) is 1. The van der Waals surface area contributed by atoms with Gasteiger partial charge in [0.05, 0.1) is 0 Å². The van der Waals surface area contributed by atoms with Crippen LogP contribution >= 0.6 is 0 Å². The number of nitrogen functional groups attached to an aromatic ring is 1. The SMILES string of the molecule is N#Cc1nccn1Cc1ccc(N)cc1. The smallest absolute Gasteiger partial charge is 0.213 e. The number of imidazole rings is 1. The minimum atomic E-state index is 0.423. The molecule has 0 bridgehead atoms. The standard InChI is InChI=1S/C11H10N4/c12-7-11-14-5-6-15(11)8-9-1-3-10(13)4-2-9/h1-6H,8,13H2. The highest BCUT2D eigenvalue weighted by Gasteiger charge is 2.01. The molecule has 0 atom stereocenters. The van der Waals surface area contributed by atoms with E-state index in [1.165, 1.54) is 0 Å². The molecule has 0 aliphatic rings. The molecule has 0 amide bonds. The molecule has 0 radical (unpaired) electrons. The van der Waals surface area contributed by atoms with Crippen LogP contribution in [0.2, 0.25) is 0 Å². The number of anilines is 1. The topological polar surface area (TPSA) is 67.6 Å². The van der Waals surface area contributed by atoms with E-state index < -0.39 is 0 Å². The largest absolute Gasteiger partial charge is 0.399 e. The second kappa shape index (κ2) is 3.84. The van der Waals surface area contributed by atoms with Gasteiger partial charge in [0.15, 0.2) is 0 Å². The molecule has 2 N–H and O–H groups in total. The predicted molar refractivity (Wildman–Crippen MR) is 56.9 cm³/mol. The van der Waals surface area contributed by atoms with E-state index in [-0.39, 0.29) is 0 Å². The van der Waals surface area contributed by atoms with E-state index in [1.807, 2.05) is 30.3 Å². The van der Waals surface area contributed by atoms with Gasteiger partial charge in [0.1, 0.15) is 6.07 Å². The molecule has 2 aromatic rings. The van der Waals surface area contributed by atoms with Gasteiger partial charge in [-0.1, -0.05) is 12.1 Å². The lowest BCUT2D eigenvalue weighted by molar-refractivity contribution is 0.782. The van der Waals surface area contributed by atoms with Crippen molar-refractivity contribution in [1.82, 2.24) is 9.55 Å². The second-order valence-corrected chi connectivity index (χ2v) is 3.23. The van der Waals surface area contributed by atoms with Crippen LogP contribution in [-0.4, -0.2) is 9.55 Å². The lowest BCUT2D eigenvalue weighted by Crippen LogP contribution is -2.01. The molecule has 1 aromatic carbocycles. The third-order valence-electron chi connectivity index (χ3n) is 2.15. The van der Waals surface area contributed by atoms with Crippen molar-refractivity contribution in [2.24, 2.45) is 0 Å². The Morgan fingerprint density at radius 1 is 1.33 bits per heavy atom. The van der Waals surface area contributed by atoms with Crippen LogP contribution in [0.5, 0.6) is 0 Å². The minimum Gasteiger partial charge on any atom is -0.399 e. The molecule has 2 rings (SSSR count). The van der Waals surface area contributed by atoms with Gasteiger partial charge >= 0.3 is 0 Å². The first kappa shape index (κ1) is 9.28. The molecule has 0 spiro atoms. The Morgan fingerprint density at radius 2 is 2.07 bits per heavy atom. The summed E-state index contributed by atoms with van der Waals surface area (Å²) >= 11 is 0. The molecule has 4 heteroatoms. The highest BCUT2D eigenvalue weighted by molar-refractivity contribution is 5.39.